The molecule has 0 spiro atoms. The third-order valence-electron chi connectivity index (χ3n) is 4.12. The lowest BCUT2D eigenvalue weighted by Gasteiger charge is -2.35. The van der Waals surface area contributed by atoms with Gasteiger partial charge in [0.15, 0.2) is 0 Å². The average Bonchev–Trinajstić information content (AvgIpc) is 3.15. The fourth-order valence-electron chi connectivity index (χ4n) is 2.74. The van der Waals surface area contributed by atoms with Crippen LogP contribution in [0.5, 0.6) is 0 Å². The van der Waals surface area contributed by atoms with E-state index in [1.54, 1.807) is 21.2 Å². The van der Waals surface area contributed by atoms with Crippen LogP contribution in [0.15, 0.2) is 30.0 Å². The summed E-state index contributed by atoms with van der Waals surface area (Å²) in [6.45, 7) is 7.04. The number of amides is 3. The van der Waals surface area contributed by atoms with Gasteiger partial charge in [-0.3, -0.25) is 14.6 Å². The molecule has 0 unspecified atom stereocenters. The van der Waals surface area contributed by atoms with Gasteiger partial charge in [0, 0.05) is 38.6 Å². The molecule has 2 aromatic heterocycles. The molecule has 29 heavy (non-hydrogen) atoms. The molecular formula is C19H23N5O4S. The molecule has 0 aliphatic carbocycles. The summed E-state index contributed by atoms with van der Waals surface area (Å²) in [5.74, 6) is -0.612. The van der Waals surface area contributed by atoms with E-state index >= 15 is 0 Å². The molecule has 0 bridgehead atoms. The van der Waals surface area contributed by atoms with Crippen molar-refractivity contribution in [1.29, 1.82) is 0 Å². The van der Waals surface area contributed by atoms with Crippen molar-refractivity contribution in [3.8, 4) is 0 Å². The molecule has 1 N–H and O–H groups in total. The Morgan fingerprint density at radius 1 is 1.10 bits per heavy atom. The highest BCUT2D eigenvalue weighted by Gasteiger charge is 2.29. The second kappa shape index (κ2) is 8.56. The van der Waals surface area contributed by atoms with Crippen molar-refractivity contribution in [3.05, 3.63) is 40.6 Å². The molecule has 1 saturated heterocycles. The molecule has 1 fully saturated rings. The summed E-state index contributed by atoms with van der Waals surface area (Å²) in [6.07, 6.45) is 3.89. The Bertz CT molecular complexity index is 886. The molecule has 0 atom stereocenters. The normalized spacial score (nSPS) is 14.4. The third-order valence-corrected chi connectivity index (χ3v) is 5.02. The maximum Gasteiger partial charge on any atom is 0.410 e. The molecule has 3 heterocycles. The van der Waals surface area contributed by atoms with Crippen LogP contribution < -0.4 is 5.32 Å². The van der Waals surface area contributed by atoms with Gasteiger partial charge in [0.05, 0.1) is 11.9 Å². The quantitative estimate of drug-likeness (QED) is 0.823. The lowest BCUT2D eigenvalue weighted by molar-refractivity contribution is 0.0141. The van der Waals surface area contributed by atoms with Crippen LogP contribution >= 0.6 is 11.3 Å². The minimum absolute atomic E-state index is 0.170. The highest BCUT2D eigenvalue weighted by Crippen LogP contribution is 2.25. The minimum Gasteiger partial charge on any atom is -0.444 e. The highest BCUT2D eigenvalue weighted by atomic mass is 32.1. The number of nitrogens with zero attached hydrogens (tertiary/aromatic N) is 4. The Morgan fingerprint density at radius 2 is 1.79 bits per heavy atom. The van der Waals surface area contributed by atoms with E-state index in [-0.39, 0.29) is 17.7 Å². The highest BCUT2D eigenvalue weighted by molar-refractivity contribution is 7.12. The number of anilines is 1. The topological polar surface area (TPSA) is 105 Å². The second-order valence-corrected chi connectivity index (χ2v) is 8.38. The standard InChI is InChI=1S/C19H23N5O4S/c1-19(2,3)28-18(27)24-9-7-23(8-10-24)17(26)15-13(4-11-29-15)22-16(25)14-12-20-5-6-21-14/h4-6,11-12H,7-10H2,1-3H3,(H,22,25). The largest absolute Gasteiger partial charge is 0.444 e. The first kappa shape index (κ1) is 20.7. The molecular weight excluding hydrogens is 394 g/mol. The van der Waals surface area contributed by atoms with Crippen molar-refractivity contribution < 1.29 is 19.1 Å². The van der Waals surface area contributed by atoms with Crippen molar-refractivity contribution >= 4 is 34.9 Å². The van der Waals surface area contributed by atoms with Crippen LogP contribution in [0, 0.1) is 0 Å². The van der Waals surface area contributed by atoms with Crippen molar-refractivity contribution in [2.45, 2.75) is 26.4 Å². The van der Waals surface area contributed by atoms with Crippen LogP contribution in [0.4, 0.5) is 10.5 Å². The number of hydrogen-bond acceptors (Lipinski definition) is 7. The van der Waals surface area contributed by atoms with Crippen molar-refractivity contribution in [2.24, 2.45) is 0 Å². The predicted octanol–water partition coefficient (Wildman–Crippen LogP) is 2.48. The van der Waals surface area contributed by atoms with Crippen LogP contribution in [0.25, 0.3) is 0 Å². The van der Waals surface area contributed by atoms with Gasteiger partial charge < -0.3 is 19.9 Å². The maximum absolute atomic E-state index is 12.9. The first-order valence-electron chi connectivity index (χ1n) is 9.16. The van der Waals surface area contributed by atoms with E-state index in [4.69, 9.17) is 4.74 Å². The molecule has 0 aromatic carbocycles. The molecule has 154 valence electrons. The van der Waals surface area contributed by atoms with E-state index in [2.05, 4.69) is 15.3 Å². The summed E-state index contributed by atoms with van der Waals surface area (Å²) in [4.78, 5) is 48.9. The van der Waals surface area contributed by atoms with Crippen molar-refractivity contribution in [3.63, 3.8) is 0 Å². The fraction of sp³-hybridized carbons (Fsp3) is 0.421. The zero-order valence-corrected chi connectivity index (χ0v) is 17.4. The first-order valence-corrected chi connectivity index (χ1v) is 10.0. The predicted molar refractivity (Wildman–Crippen MR) is 108 cm³/mol. The summed E-state index contributed by atoms with van der Waals surface area (Å²) >= 11 is 1.26. The van der Waals surface area contributed by atoms with Crippen LogP contribution in [-0.4, -0.2) is 69.5 Å². The third kappa shape index (κ3) is 5.29. The van der Waals surface area contributed by atoms with Gasteiger partial charge in [-0.25, -0.2) is 9.78 Å². The lowest BCUT2D eigenvalue weighted by atomic mass is 10.2. The summed E-state index contributed by atoms with van der Waals surface area (Å²) in [5, 5.41) is 4.46. The molecule has 1 aliphatic rings. The number of nitrogens with one attached hydrogen (secondary N) is 1. The Hall–Kier alpha value is -3.01. The van der Waals surface area contributed by atoms with E-state index in [0.717, 1.165) is 0 Å². The number of piperazine rings is 1. The molecule has 1 aliphatic heterocycles. The number of carbonyl (C=O) groups is 3. The van der Waals surface area contributed by atoms with Gasteiger partial charge in [-0.15, -0.1) is 11.3 Å². The Kier molecular flexibility index (Phi) is 6.12. The number of carbonyl (C=O) groups excluding carboxylic acids is 3. The van der Waals surface area contributed by atoms with Gasteiger partial charge in [0.1, 0.15) is 16.2 Å². The summed E-state index contributed by atoms with van der Waals surface area (Å²) in [6, 6.07) is 1.68. The molecule has 3 amide bonds. The van der Waals surface area contributed by atoms with Gasteiger partial charge >= 0.3 is 6.09 Å². The summed E-state index contributed by atoms with van der Waals surface area (Å²) in [5.41, 5.74) is 0.0466. The van der Waals surface area contributed by atoms with E-state index in [1.807, 2.05) is 20.8 Å². The van der Waals surface area contributed by atoms with E-state index in [1.165, 1.54) is 29.9 Å². The van der Waals surface area contributed by atoms with Crippen LogP contribution in [0.1, 0.15) is 40.9 Å². The minimum atomic E-state index is -0.558. The van der Waals surface area contributed by atoms with Crippen molar-refractivity contribution in [1.82, 2.24) is 19.8 Å². The summed E-state index contributed by atoms with van der Waals surface area (Å²) < 4.78 is 5.38. The van der Waals surface area contributed by atoms with Gasteiger partial charge in [0.2, 0.25) is 0 Å². The second-order valence-electron chi connectivity index (χ2n) is 7.47. The zero-order valence-electron chi connectivity index (χ0n) is 16.5. The van der Waals surface area contributed by atoms with Crippen LogP contribution in [0.2, 0.25) is 0 Å². The number of aromatic nitrogens is 2. The van der Waals surface area contributed by atoms with Gasteiger partial charge in [0.25, 0.3) is 11.8 Å². The van der Waals surface area contributed by atoms with E-state index < -0.39 is 11.5 Å². The number of hydrogen-bond donors (Lipinski definition) is 1. The lowest BCUT2D eigenvalue weighted by Crippen LogP contribution is -2.51. The SMILES string of the molecule is CC(C)(C)OC(=O)N1CCN(C(=O)c2sccc2NC(=O)c2cnccn2)CC1. The molecule has 10 heteroatoms. The molecule has 3 rings (SSSR count). The molecule has 0 radical (unpaired) electrons. The smallest absolute Gasteiger partial charge is 0.410 e. The maximum atomic E-state index is 12.9. The number of rotatable bonds is 3. The van der Waals surface area contributed by atoms with Crippen LogP contribution in [0.3, 0.4) is 0 Å². The van der Waals surface area contributed by atoms with Gasteiger partial charge in [-0.05, 0) is 32.2 Å². The van der Waals surface area contributed by atoms with Crippen LogP contribution in [-0.2, 0) is 4.74 Å². The number of thiophene rings is 1. The van der Waals surface area contributed by atoms with E-state index in [9.17, 15) is 14.4 Å². The number of ether oxygens (including phenoxy) is 1. The average molecular weight is 417 g/mol. The Labute approximate surface area is 172 Å². The zero-order chi connectivity index (χ0) is 21.0. The first-order chi connectivity index (χ1) is 13.7. The van der Waals surface area contributed by atoms with Crippen molar-refractivity contribution in [2.75, 3.05) is 31.5 Å². The molecule has 9 nitrogen and oxygen atoms in total. The molecule has 2 aromatic rings. The van der Waals surface area contributed by atoms with Gasteiger partial charge in [-0.1, -0.05) is 0 Å². The fourth-order valence-corrected chi connectivity index (χ4v) is 3.55. The molecule has 0 saturated carbocycles. The van der Waals surface area contributed by atoms with E-state index in [0.29, 0.717) is 36.7 Å². The monoisotopic (exact) mass is 417 g/mol. The summed E-state index contributed by atoms with van der Waals surface area (Å²) in [7, 11) is 0. The Balaban J connectivity index is 1.60. The Morgan fingerprint density at radius 3 is 2.41 bits per heavy atom. The van der Waals surface area contributed by atoms with Gasteiger partial charge in [-0.2, -0.15) is 0 Å².